The van der Waals surface area contributed by atoms with Crippen LogP contribution in [0.25, 0.3) is 0 Å². The molecule has 1 radical (unpaired) electrons. The first-order valence-corrected chi connectivity index (χ1v) is 3.66. The topological polar surface area (TPSA) is 20.3 Å². The van der Waals surface area contributed by atoms with Gasteiger partial charge in [0, 0.05) is 19.7 Å². The van der Waals surface area contributed by atoms with Gasteiger partial charge in [-0.25, -0.2) is 0 Å². The van der Waals surface area contributed by atoms with Crippen LogP contribution in [0.1, 0.15) is 13.3 Å². The first kappa shape index (κ1) is 8.05. The monoisotopic (exact) mass is 150 g/mol. The number of carbonyl (C=O) groups excluding carboxylic acids is 1. The molecule has 0 saturated heterocycles. The Morgan fingerprint density at radius 2 is 2.36 bits per heavy atom. The Morgan fingerprint density at radius 3 is 2.82 bits per heavy atom. The highest BCUT2D eigenvalue weighted by Crippen LogP contribution is 2.11. The van der Waals surface area contributed by atoms with Gasteiger partial charge in [-0.15, -0.1) is 0 Å². The molecule has 0 spiro atoms. The minimum Gasteiger partial charge on any atom is -0.316 e. The molecule has 0 saturated carbocycles. The quantitative estimate of drug-likeness (QED) is 0.555. The lowest BCUT2D eigenvalue weighted by Gasteiger charge is -2.17. The normalized spacial score (nSPS) is 16.0. The molecule has 59 valence electrons. The largest absolute Gasteiger partial charge is 0.316 e. The minimum absolute atomic E-state index is 0.0720. The molecule has 0 atom stereocenters. The summed E-state index contributed by atoms with van der Waals surface area (Å²) in [7, 11) is 1.78. The second-order valence-electron chi connectivity index (χ2n) is 2.54. The predicted octanol–water partition coefficient (Wildman–Crippen LogP) is 1.51. The molecular formula is C9H12NO. The lowest BCUT2D eigenvalue weighted by Crippen LogP contribution is -2.22. The number of likely N-dealkylation sites (N-methyl/N-ethyl adjacent to an activating group) is 1. The Kier molecular flexibility index (Phi) is 2.47. The number of carbonyl (C=O) groups is 1. The summed E-state index contributed by atoms with van der Waals surface area (Å²) < 4.78 is 0. The highest BCUT2D eigenvalue weighted by molar-refractivity contribution is 5.75. The standard InChI is InChI=1S/C9H12NO/c1-8(11)10(2)9-6-4-3-5-7-9/h3-4,6-7H,5H2,1-2H3. The van der Waals surface area contributed by atoms with Gasteiger partial charge in [-0.2, -0.15) is 0 Å². The maximum Gasteiger partial charge on any atom is 0.223 e. The maximum atomic E-state index is 10.9. The van der Waals surface area contributed by atoms with Crippen LogP contribution >= 0.6 is 0 Å². The van der Waals surface area contributed by atoms with E-state index in [-0.39, 0.29) is 5.91 Å². The summed E-state index contributed by atoms with van der Waals surface area (Å²) in [5.74, 6) is 0.0720. The maximum absolute atomic E-state index is 10.9. The fourth-order valence-corrected chi connectivity index (χ4v) is 0.933. The molecule has 0 aromatic rings. The van der Waals surface area contributed by atoms with Crippen LogP contribution in [0.15, 0.2) is 23.9 Å². The molecule has 1 rings (SSSR count). The van der Waals surface area contributed by atoms with Crippen molar-refractivity contribution in [1.82, 2.24) is 4.90 Å². The molecule has 0 unspecified atom stereocenters. The number of rotatable bonds is 1. The van der Waals surface area contributed by atoms with E-state index >= 15 is 0 Å². The Hall–Kier alpha value is -1.05. The van der Waals surface area contributed by atoms with Crippen LogP contribution in [0.3, 0.4) is 0 Å². The second kappa shape index (κ2) is 3.37. The van der Waals surface area contributed by atoms with Crippen LogP contribution in [-0.4, -0.2) is 17.9 Å². The number of allylic oxidation sites excluding steroid dienone is 3. The summed E-state index contributed by atoms with van der Waals surface area (Å²) >= 11 is 0. The molecule has 0 aromatic heterocycles. The van der Waals surface area contributed by atoms with E-state index in [0.717, 1.165) is 12.1 Å². The van der Waals surface area contributed by atoms with Crippen molar-refractivity contribution in [2.75, 3.05) is 7.05 Å². The Morgan fingerprint density at radius 1 is 1.64 bits per heavy atom. The molecular weight excluding hydrogens is 138 g/mol. The Labute approximate surface area is 67.2 Å². The average Bonchev–Trinajstić information content (AvgIpc) is 2.05. The van der Waals surface area contributed by atoms with Gasteiger partial charge in [0.05, 0.1) is 0 Å². The number of hydrogen-bond acceptors (Lipinski definition) is 1. The van der Waals surface area contributed by atoms with Crippen LogP contribution in [-0.2, 0) is 4.79 Å². The number of amides is 1. The molecule has 0 N–H and O–H groups in total. The van der Waals surface area contributed by atoms with Gasteiger partial charge in [-0.1, -0.05) is 12.2 Å². The van der Waals surface area contributed by atoms with Gasteiger partial charge < -0.3 is 4.90 Å². The molecule has 0 aliphatic heterocycles. The van der Waals surface area contributed by atoms with Crippen molar-refractivity contribution >= 4 is 5.91 Å². The van der Waals surface area contributed by atoms with Crippen molar-refractivity contribution in [1.29, 1.82) is 0 Å². The SMILES string of the molecule is CC(=O)N(C)C1=CC[CH]C=C1. The summed E-state index contributed by atoms with van der Waals surface area (Å²) in [6.07, 6.45) is 8.90. The second-order valence-corrected chi connectivity index (χ2v) is 2.54. The molecule has 0 fully saturated rings. The van der Waals surface area contributed by atoms with Gasteiger partial charge in [-0.05, 0) is 18.9 Å². The zero-order valence-corrected chi connectivity index (χ0v) is 6.87. The summed E-state index contributed by atoms with van der Waals surface area (Å²) in [4.78, 5) is 12.5. The smallest absolute Gasteiger partial charge is 0.223 e. The third-order valence-electron chi connectivity index (χ3n) is 1.73. The van der Waals surface area contributed by atoms with Crippen molar-refractivity contribution in [3.05, 3.63) is 30.3 Å². The highest BCUT2D eigenvalue weighted by Gasteiger charge is 2.06. The zero-order chi connectivity index (χ0) is 8.27. The van der Waals surface area contributed by atoms with Crippen molar-refractivity contribution in [3.8, 4) is 0 Å². The summed E-state index contributed by atoms with van der Waals surface area (Å²) in [6.45, 7) is 1.56. The fourth-order valence-electron chi connectivity index (χ4n) is 0.933. The third kappa shape index (κ3) is 1.93. The van der Waals surface area contributed by atoms with Crippen molar-refractivity contribution < 1.29 is 4.79 Å². The summed E-state index contributed by atoms with van der Waals surface area (Å²) in [5, 5.41) is 0. The van der Waals surface area contributed by atoms with Crippen LogP contribution < -0.4 is 0 Å². The Bertz CT molecular complexity index is 216. The van der Waals surface area contributed by atoms with Crippen molar-refractivity contribution in [2.45, 2.75) is 13.3 Å². The molecule has 1 aliphatic rings. The van der Waals surface area contributed by atoms with Crippen molar-refractivity contribution in [3.63, 3.8) is 0 Å². The van der Waals surface area contributed by atoms with Crippen molar-refractivity contribution in [2.24, 2.45) is 0 Å². The third-order valence-corrected chi connectivity index (χ3v) is 1.73. The van der Waals surface area contributed by atoms with Gasteiger partial charge in [0.2, 0.25) is 5.91 Å². The van der Waals surface area contributed by atoms with E-state index in [0.29, 0.717) is 0 Å². The molecule has 1 aliphatic carbocycles. The average molecular weight is 150 g/mol. The van der Waals surface area contributed by atoms with E-state index in [1.54, 1.807) is 18.9 Å². The molecule has 0 aromatic carbocycles. The van der Waals surface area contributed by atoms with Crippen LogP contribution in [0, 0.1) is 6.42 Å². The molecule has 1 amide bonds. The summed E-state index contributed by atoms with van der Waals surface area (Å²) in [5.41, 5.74) is 0.986. The van der Waals surface area contributed by atoms with E-state index in [1.165, 1.54) is 0 Å². The first-order chi connectivity index (χ1) is 5.22. The molecule has 11 heavy (non-hydrogen) atoms. The minimum atomic E-state index is 0.0720. The van der Waals surface area contributed by atoms with Gasteiger partial charge in [0.15, 0.2) is 0 Å². The van der Waals surface area contributed by atoms with Gasteiger partial charge in [-0.3, -0.25) is 4.79 Å². The zero-order valence-electron chi connectivity index (χ0n) is 6.87. The molecule has 0 bridgehead atoms. The van der Waals surface area contributed by atoms with E-state index in [9.17, 15) is 4.79 Å². The molecule has 2 nitrogen and oxygen atoms in total. The lowest BCUT2D eigenvalue weighted by atomic mass is 10.1. The molecule has 0 heterocycles. The predicted molar refractivity (Wildman–Crippen MR) is 44.6 cm³/mol. The summed E-state index contributed by atoms with van der Waals surface area (Å²) in [6, 6.07) is 0. The number of hydrogen-bond donors (Lipinski definition) is 0. The molecule has 2 heteroatoms. The van der Waals surface area contributed by atoms with Gasteiger partial charge in [0.1, 0.15) is 0 Å². The van der Waals surface area contributed by atoms with E-state index in [1.807, 2.05) is 18.2 Å². The number of nitrogens with zero attached hydrogens (tertiary/aromatic N) is 1. The Balaban J connectivity index is 2.66. The van der Waals surface area contributed by atoms with Crippen LogP contribution in [0.5, 0.6) is 0 Å². The first-order valence-electron chi connectivity index (χ1n) is 3.66. The van der Waals surface area contributed by atoms with Gasteiger partial charge in [0.25, 0.3) is 0 Å². The van der Waals surface area contributed by atoms with E-state index < -0.39 is 0 Å². The lowest BCUT2D eigenvalue weighted by molar-refractivity contribution is -0.125. The van der Waals surface area contributed by atoms with E-state index in [4.69, 9.17) is 0 Å². The van der Waals surface area contributed by atoms with E-state index in [2.05, 4.69) is 6.42 Å². The highest BCUT2D eigenvalue weighted by atomic mass is 16.2. The van der Waals surface area contributed by atoms with Crippen LogP contribution in [0.2, 0.25) is 0 Å². The van der Waals surface area contributed by atoms with Crippen LogP contribution in [0.4, 0.5) is 0 Å². The van der Waals surface area contributed by atoms with Gasteiger partial charge >= 0.3 is 0 Å². The fraction of sp³-hybridized carbons (Fsp3) is 0.333.